The Balaban J connectivity index is 2.83. The number of rotatable bonds is 11. The minimum Gasteiger partial charge on any atom is -0.345 e. The fourth-order valence-corrected chi connectivity index (χ4v) is 2.91. The molecule has 5 nitrogen and oxygen atoms in total. The largest absolute Gasteiger partial charge is 0.345 e. The number of carbonyl (C=O) groups excluding carboxylic acids is 2. The SMILES string of the molecule is CCNC(Cc1ccccc1)C(=O)NC(CCCCN)C(=O)C(C)(C)C. The first-order valence-corrected chi connectivity index (χ1v) is 9.61. The summed E-state index contributed by atoms with van der Waals surface area (Å²) < 4.78 is 0. The topological polar surface area (TPSA) is 84.2 Å². The fourth-order valence-electron chi connectivity index (χ4n) is 2.91. The molecule has 0 spiro atoms. The van der Waals surface area contributed by atoms with E-state index in [2.05, 4.69) is 10.6 Å². The van der Waals surface area contributed by atoms with Crippen molar-refractivity contribution in [2.75, 3.05) is 13.1 Å². The van der Waals surface area contributed by atoms with Gasteiger partial charge in [-0.05, 0) is 44.3 Å². The van der Waals surface area contributed by atoms with Crippen LogP contribution in [0.4, 0.5) is 0 Å². The summed E-state index contributed by atoms with van der Waals surface area (Å²) in [5.74, 6) is -0.0520. The summed E-state index contributed by atoms with van der Waals surface area (Å²) >= 11 is 0. The van der Waals surface area contributed by atoms with Crippen LogP contribution in [0.3, 0.4) is 0 Å². The smallest absolute Gasteiger partial charge is 0.238 e. The van der Waals surface area contributed by atoms with Crippen molar-refractivity contribution in [2.24, 2.45) is 11.1 Å². The number of likely N-dealkylation sites (N-methyl/N-ethyl adjacent to an activating group) is 1. The lowest BCUT2D eigenvalue weighted by atomic mass is 9.84. The molecule has 1 aromatic rings. The van der Waals surface area contributed by atoms with E-state index in [9.17, 15) is 9.59 Å². The van der Waals surface area contributed by atoms with Crippen molar-refractivity contribution in [2.45, 2.75) is 65.5 Å². The number of hydrogen-bond donors (Lipinski definition) is 3. The molecule has 1 rings (SSSR count). The van der Waals surface area contributed by atoms with Crippen molar-refractivity contribution >= 4 is 11.7 Å². The zero-order valence-corrected chi connectivity index (χ0v) is 16.7. The highest BCUT2D eigenvalue weighted by atomic mass is 16.2. The van der Waals surface area contributed by atoms with E-state index in [4.69, 9.17) is 5.73 Å². The van der Waals surface area contributed by atoms with E-state index in [-0.39, 0.29) is 17.7 Å². The van der Waals surface area contributed by atoms with Crippen LogP contribution in [0.1, 0.15) is 52.5 Å². The maximum Gasteiger partial charge on any atom is 0.238 e. The zero-order chi connectivity index (χ0) is 19.6. The molecule has 0 aliphatic carbocycles. The Morgan fingerprint density at radius 2 is 1.73 bits per heavy atom. The van der Waals surface area contributed by atoms with E-state index >= 15 is 0 Å². The second-order valence-electron chi connectivity index (χ2n) is 7.76. The Morgan fingerprint density at radius 3 is 2.27 bits per heavy atom. The van der Waals surface area contributed by atoms with Gasteiger partial charge < -0.3 is 16.4 Å². The summed E-state index contributed by atoms with van der Waals surface area (Å²) in [4.78, 5) is 25.6. The molecule has 1 aromatic carbocycles. The molecule has 0 saturated carbocycles. The predicted molar refractivity (Wildman–Crippen MR) is 107 cm³/mol. The van der Waals surface area contributed by atoms with Crippen LogP contribution in [0.2, 0.25) is 0 Å². The van der Waals surface area contributed by atoms with Crippen LogP contribution < -0.4 is 16.4 Å². The van der Waals surface area contributed by atoms with E-state index in [1.54, 1.807) is 0 Å². The lowest BCUT2D eigenvalue weighted by molar-refractivity contribution is -0.133. The summed E-state index contributed by atoms with van der Waals surface area (Å²) in [6.07, 6.45) is 2.90. The van der Waals surface area contributed by atoms with Crippen molar-refractivity contribution in [3.63, 3.8) is 0 Å². The standard InChI is InChI=1S/C21H35N3O2/c1-5-23-18(15-16-11-7-6-8-12-16)20(26)24-17(13-9-10-14-22)19(25)21(2,3)4/h6-8,11-12,17-18,23H,5,9-10,13-15,22H2,1-4H3,(H,24,26). The van der Waals surface area contributed by atoms with Gasteiger partial charge in [0.25, 0.3) is 0 Å². The third-order valence-corrected chi connectivity index (χ3v) is 4.37. The lowest BCUT2D eigenvalue weighted by Gasteiger charge is -2.27. The molecule has 0 heterocycles. The maximum absolute atomic E-state index is 12.9. The molecule has 5 heteroatoms. The molecule has 0 saturated heterocycles. The first-order valence-electron chi connectivity index (χ1n) is 9.61. The van der Waals surface area contributed by atoms with Gasteiger partial charge in [0, 0.05) is 5.41 Å². The number of carbonyl (C=O) groups is 2. The number of nitrogens with one attached hydrogen (secondary N) is 2. The van der Waals surface area contributed by atoms with Gasteiger partial charge in [-0.3, -0.25) is 9.59 Å². The highest BCUT2D eigenvalue weighted by molar-refractivity contribution is 5.93. The molecule has 2 unspecified atom stereocenters. The first-order chi connectivity index (χ1) is 12.3. The van der Waals surface area contributed by atoms with E-state index in [0.717, 1.165) is 18.4 Å². The van der Waals surface area contributed by atoms with Gasteiger partial charge in [-0.25, -0.2) is 0 Å². The maximum atomic E-state index is 12.9. The van der Waals surface area contributed by atoms with E-state index in [1.807, 2.05) is 58.0 Å². The van der Waals surface area contributed by atoms with Crippen LogP contribution >= 0.6 is 0 Å². The van der Waals surface area contributed by atoms with Crippen molar-refractivity contribution in [1.29, 1.82) is 0 Å². The van der Waals surface area contributed by atoms with Crippen LogP contribution in [-0.4, -0.2) is 36.9 Å². The normalized spacial score (nSPS) is 13.9. The lowest BCUT2D eigenvalue weighted by Crippen LogP contribution is -2.52. The van der Waals surface area contributed by atoms with Crippen molar-refractivity contribution in [1.82, 2.24) is 10.6 Å². The molecule has 146 valence electrons. The predicted octanol–water partition coefficient (Wildman–Crippen LogP) is 2.44. The Hall–Kier alpha value is -1.72. The average molecular weight is 362 g/mol. The number of benzene rings is 1. The average Bonchev–Trinajstić information content (AvgIpc) is 2.60. The minimum atomic E-state index is -0.492. The van der Waals surface area contributed by atoms with Gasteiger partial charge in [0.2, 0.25) is 5.91 Å². The molecule has 0 aromatic heterocycles. The quantitative estimate of drug-likeness (QED) is 0.529. The molecular weight excluding hydrogens is 326 g/mol. The number of ketones is 1. The monoisotopic (exact) mass is 361 g/mol. The third-order valence-electron chi connectivity index (χ3n) is 4.37. The molecule has 26 heavy (non-hydrogen) atoms. The summed E-state index contributed by atoms with van der Waals surface area (Å²) in [5.41, 5.74) is 6.17. The number of Topliss-reactive ketones (excluding diaryl/α,β-unsaturated/α-hetero) is 1. The van der Waals surface area contributed by atoms with Crippen LogP contribution in [0.5, 0.6) is 0 Å². The molecule has 0 fully saturated rings. The van der Waals surface area contributed by atoms with Crippen LogP contribution in [0, 0.1) is 5.41 Å². The highest BCUT2D eigenvalue weighted by Gasteiger charge is 2.31. The summed E-state index contributed by atoms with van der Waals surface area (Å²) in [5, 5.41) is 6.23. The van der Waals surface area contributed by atoms with Gasteiger partial charge in [-0.1, -0.05) is 58.0 Å². The minimum absolute atomic E-state index is 0.0674. The molecule has 0 aliphatic heterocycles. The van der Waals surface area contributed by atoms with E-state index in [1.165, 1.54) is 0 Å². The summed E-state index contributed by atoms with van der Waals surface area (Å²) in [6, 6.07) is 9.09. The second kappa shape index (κ2) is 11.1. The first kappa shape index (κ1) is 22.3. The van der Waals surface area contributed by atoms with Gasteiger partial charge in [0.05, 0.1) is 12.1 Å². The van der Waals surface area contributed by atoms with Gasteiger partial charge in [-0.15, -0.1) is 0 Å². The number of nitrogens with two attached hydrogens (primary N) is 1. The Labute approximate surface area is 158 Å². The summed E-state index contributed by atoms with van der Waals surface area (Å²) in [6.45, 7) is 8.94. The molecule has 0 aliphatic rings. The number of unbranched alkanes of at least 4 members (excludes halogenated alkanes) is 1. The van der Waals surface area contributed by atoms with Gasteiger partial charge in [0.15, 0.2) is 5.78 Å². The highest BCUT2D eigenvalue weighted by Crippen LogP contribution is 2.19. The number of amides is 1. The number of hydrogen-bond acceptors (Lipinski definition) is 4. The third kappa shape index (κ3) is 7.67. The molecule has 1 amide bonds. The summed E-state index contributed by atoms with van der Waals surface area (Å²) in [7, 11) is 0. The van der Waals surface area contributed by atoms with E-state index in [0.29, 0.717) is 25.9 Å². The van der Waals surface area contributed by atoms with Crippen LogP contribution in [-0.2, 0) is 16.0 Å². The zero-order valence-electron chi connectivity index (χ0n) is 16.7. The fraction of sp³-hybridized carbons (Fsp3) is 0.619. The van der Waals surface area contributed by atoms with Gasteiger partial charge in [-0.2, -0.15) is 0 Å². The molecule has 2 atom stereocenters. The van der Waals surface area contributed by atoms with Crippen LogP contribution in [0.15, 0.2) is 30.3 Å². The molecular formula is C21H35N3O2. The van der Waals surface area contributed by atoms with Crippen molar-refractivity contribution < 1.29 is 9.59 Å². The molecule has 4 N–H and O–H groups in total. The Bertz CT molecular complexity index is 552. The van der Waals surface area contributed by atoms with Gasteiger partial charge >= 0.3 is 0 Å². The van der Waals surface area contributed by atoms with E-state index < -0.39 is 11.5 Å². The Morgan fingerprint density at radius 1 is 1.08 bits per heavy atom. The molecule has 0 radical (unpaired) electrons. The molecule has 0 bridgehead atoms. The van der Waals surface area contributed by atoms with Crippen LogP contribution in [0.25, 0.3) is 0 Å². The van der Waals surface area contributed by atoms with Gasteiger partial charge in [0.1, 0.15) is 0 Å². The Kier molecular flexibility index (Phi) is 9.52. The second-order valence-corrected chi connectivity index (χ2v) is 7.76. The van der Waals surface area contributed by atoms with Crippen molar-refractivity contribution in [3.05, 3.63) is 35.9 Å². The van der Waals surface area contributed by atoms with Crippen molar-refractivity contribution in [3.8, 4) is 0 Å².